The maximum Gasteiger partial charge on any atom is 0.264 e. The summed E-state index contributed by atoms with van der Waals surface area (Å²) in [5.74, 6) is 1.44. The summed E-state index contributed by atoms with van der Waals surface area (Å²) < 4.78 is 52.1. The lowest BCUT2D eigenvalue weighted by molar-refractivity contribution is -0.162. The summed E-state index contributed by atoms with van der Waals surface area (Å²) in [4.78, 5) is 0. The molecule has 26 heavy (non-hydrogen) atoms. The summed E-state index contributed by atoms with van der Waals surface area (Å²) in [6.45, 7) is 3.69. The second kappa shape index (κ2) is 9.78. The van der Waals surface area contributed by atoms with Crippen LogP contribution in [0, 0.1) is 0 Å². The molecule has 2 saturated heterocycles. The van der Waals surface area contributed by atoms with E-state index in [4.69, 9.17) is 23.1 Å². The molecule has 0 unspecified atom stereocenters. The van der Waals surface area contributed by atoms with Crippen molar-refractivity contribution in [3.05, 3.63) is 0 Å². The van der Waals surface area contributed by atoms with Gasteiger partial charge in [0.1, 0.15) is 18.3 Å². The zero-order valence-electron chi connectivity index (χ0n) is 16.0. The molecule has 0 bridgehead atoms. The molecule has 0 aliphatic carbocycles. The van der Waals surface area contributed by atoms with Gasteiger partial charge in [-0.15, -0.1) is 23.5 Å². The Kier molecular flexibility index (Phi) is 8.55. The van der Waals surface area contributed by atoms with E-state index in [1.54, 1.807) is 21.0 Å². The molecule has 0 aromatic rings. The Balaban J connectivity index is 2.17. The Morgan fingerprint density at radius 1 is 1.12 bits per heavy atom. The molecular formula is C16H30O7S3. The predicted octanol–water partition coefficient (Wildman–Crippen LogP) is 2.10. The minimum absolute atomic E-state index is 0.0804. The summed E-state index contributed by atoms with van der Waals surface area (Å²) in [6.07, 6.45) is 0.960. The molecule has 2 heterocycles. The van der Waals surface area contributed by atoms with Gasteiger partial charge >= 0.3 is 0 Å². The van der Waals surface area contributed by atoms with Crippen molar-refractivity contribution >= 4 is 33.6 Å². The average Bonchev–Trinajstić information content (AvgIpc) is 2.87. The van der Waals surface area contributed by atoms with Gasteiger partial charge in [-0.1, -0.05) is 0 Å². The molecular weight excluding hydrogens is 400 g/mol. The van der Waals surface area contributed by atoms with E-state index in [9.17, 15) is 8.42 Å². The first kappa shape index (κ1) is 22.7. The minimum atomic E-state index is -3.67. The van der Waals surface area contributed by atoms with Crippen molar-refractivity contribution in [1.29, 1.82) is 0 Å². The third-order valence-corrected chi connectivity index (χ3v) is 7.74. The van der Waals surface area contributed by atoms with Crippen molar-refractivity contribution in [2.75, 3.05) is 38.6 Å². The molecule has 7 nitrogen and oxygen atoms in total. The van der Waals surface area contributed by atoms with E-state index in [2.05, 4.69) is 0 Å². The van der Waals surface area contributed by atoms with Gasteiger partial charge in [0, 0.05) is 14.2 Å². The minimum Gasteiger partial charge on any atom is -0.382 e. The third-order valence-electron chi connectivity index (χ3n) is 4.15. The van der Waals surface area contributed by atoms with Crippen LogP contribution in [0.5, 0.6) is 0 Å². The molecule has 2 aliphatic rings. The molecule has 2 aliphatic heterocycles. The van der Waals surface area contributed by atoms with Crippen molar-refractivity contribution in [1.82, 2.24) is 0 Å². The van der Waals surface area contributed by atoms with Gasteiger partial charge in [0.15, 0.2) is 5.79 Å². The second-order valence-electron chi connectivity index (χ2n) is 6.89. The van der Waals surface area contributed by atoms with Gasteiger partial charge in [0.25, 0.3) is 10.1 Å². The van der Waals surface area contributed by atoms with Crippen LogP contribution in [-0.4, -0.2) is 81.8 Å². The third kappa shape index (κ3) is 6.80. The molecule has 4 atom stereocenters. The van der Waals surface area contributed by atoms with E-state index < -0.39 is 34.2 Å². The number of rotatable bonds is 9. The van der Waals surface area contributed by atoms with Crippen LogP contribution in [0.3, 0.4) is 0 Å². The van der Waals surface area contributed by atoms with Crippen molar-refractivity contribution in [2.45, 2.75) is 61.5 Å². The number of thioether (sulfide) groups is 2. The van der Waals surface area contributed by atoms with Crippen molar-refractivity contribution in [3.63, 3.8) is 0 Å². The average molecular weight is 431 g/mol. The number of methoxy groups -OCH3 is 2. The highest BCUT2D eigenvalue weighted by atomic mass is 32.2. The van der Waals surface area contributed by atoms with Crippen LogP contribution in [0.15, 0.2) is 0 Å². The van der Waals surface area contributed by atoms with E-state index in [0.29, 0.717) is 4.58 Å². The Bertz CT molecular complexity index is 534. The van der Waals surface area contributed by atoms with Crippen molar-refractivity contribution in [2.24, 2.45) is 0 Å². The van der Waals surface area contributed by atoms with E-state index >= 15 is 0 Å². The number of hydrogen-bond acceptors (Lipinski definition) is 9. The maximum atomic E-state index is 11.7. The van der Waals surface area contributed by atoms with Crippen LogP contribution < -0.4 is 0 Å². The molecule has 0 amide bonds. The molecule has 10 heteroatoms. The fraction of sp³-hybridized carbons (Fsp3) is 1.00. The first-order valence-electron chi connectivity index (χ1n) is 8.64. The van der Waals surface area contributed by atoms with Gasteiger partial charge in [0.05, 0.1) is 23.5 Å². The highest BCUT2D eigenvalue weighted by molar-refractivity contribution is 8.17. The Labute approximate surface area is 165 Å². The lowest BCUT2D eigenvalue weighted by Gasteiger charge is -2.32. The summed E-state index contributed by atoms with van der Waals surface area (Å²) in [5, 5.41) is 0. The smallest absolute Gasteiger partial charge is 0.264 e. The van der Waals surface area contributed by atoms with Gasteiger partial charge in [-0.2, -0.15) is 8.42 Å². The van der Waals surface area contributed by atoms with E-state index in [1.807, 2.05) is 23.5 Å². The van der Waals surface area contributed by atoms with Crippen LogP contribution in [0.25, 0.3) is 0 Å². The maximum absolute atomic E-state index is 11.7. The SMILES string of the molecule is COC[C@@H](OS(C)(=O)=O)[C@H]1OC(C)(C)O[C@@H]1[C@H](CC1SCCCS1)OC. The lowest BCUT2D eigenvalue weighted by Crippen LogP contribution is -2.47. The second-order valence-corrected chi connectivity index (χ2v) is 11.4. The fourth-order valence-corrected chi connectivity index (χ4v) is 6.74. The standard InChI is InChI=1S/C16H30O7S3/c1-16(2)21-14(11(20-4)9-13-24-7-6-8-25-13)15(22-16)12(10-19-3)23-26(5,17)18/h11-15H,6-10H2,1-5H3/t11-,12+,14+,15+/m0/s1. The largest absolute Gasteiger partial charge is 0.382 e. The molecule has 0 radical (unpaired) electrons. The van der Waals surface area contributed by atoms with Gasteiger partial charge in [0.2, 0.25) is 0 Å². The summed E-state index contributed by atoms with van der Waals surface area (Å²) >= 11 is 3.86. The zero-order chi connectivity index (χ0) is 19.4. The van der Waals surface area contributed by atoms with Gasteiger partial charge in [-0.05, 0) is 38.2 Å². The molecule has 2 fully saturated rings. The van der Waals surface area contributed by atoms with Crippen LogP contribution in [-0.2, 0) is 33.2 Å². The molecule has 154 valence electrons. The van der Waals surface area contributed by atoms with E-state index in [-0.39, 0.29) is 12.7 Å². The normalized spacial score (nSPS) is 29.6. The Morgan fingerprint density at radius 3 is 2.19 bits per heavy atom. The molecule has 0 aromatic heterocycles. The topological polar surface area (TPSA) is 80.3 Å². The highest BCUT2D eigenvalue weighted by Gasteiger charge is 2.50. The first-order chi connectivity index (χ1) is 12.1. The highest BCUT2D eigenvalue weighted by Crippen LogP contribution is 2.39. The first-order valence-corrected chi connectivity index (χ1v) is 12.6. The van der Waals surface area contributed by atoms with Gasteiger partial charge in [-0.25, -0.2) is 0 Å². The van der Waals surface area contributed by atoms with Crippen LogP contribution in [0.1, 0.15) is 26.7 Å². The van der Waals surface area contributed by atoms with Crippen molar-refractivity contribution in [3.8, 4) is 0 Å². The van der Waals surface area contributed by atoms with Gasteiger partial charge < -0.3 is 18.9 Å². The fourth-order valence-electron chi connectivity index (χ4n) is 3.19. The quantitative estimate of drug-likeness (QED) is 0.511. The van der Waals surface area contributed by atoms with Crippen LogP contribution >= 0.6 is 23.5 Å². The Morgan fingerprint density at radius 2 is 1.69 bits per heavy atom. The summed E-state index contributed by atoms with van der Waals surface area (Å²) in [5.41, 5.74) is 0. The van der Waals surface area contributed by atoms with Crippen molar-refractivity contribution < 1.29 is 31.5 Å². The Hall–Kier alpha value is 0.450. The molecule has 2 rings (SSSR count). The van der Waals surface area contributed by atoms with Crippen LogP contribution in [0.4, 0.5) is 0 Å². The number of ether oxygens (including phenoxy) is 4. The van der Waals surface area contributed by atoms with E-state index in [1.165, 1.54) is 13.5 Å². The van der Waals surface area contributed by atoms with Crippen LogP contribution in [0.2, 0.25) is 0 Å². The lowest BCUT2D eigenvalue weighted by atomic mass is 10.0. The molecule has 0 aromatic carbocycles. The van der Waals surface area contributed by atoms with E-state index in [0.717, 1.165) is 24.2 Å². The summed E-state index contributed by atoms with van der Waals surface area (Å²) in [6, 6.07) is 0. The molecule has 0 saturated carbocycles. The summed E-state index contributed by atoms with van der Waals surface area (Å²) in [7, 11) is -0.520. The number of hydrogen-bond donors (Lipinski definition) is 0. The van der Waals surface area contributed by atoms with Gasteiger partial charge in [-0.3, -0.25) is 4.18 Å². The molecule has 0 N–H and O–H groups in total. The monoisotopic (exact) mass is 430 g/mol. The zero-order valence-corrected chi connectivity index (χ0v) is 18.5. The predicted molar refractivity (Wildman–Crippen MR) is 104 cm³/mol. The molecule has 0 spiro atoms.